The van der Waals surface area contributed by atoms with Gasteiger partial charge in [0.15, 0.2) is 6.61 Å². The highest BCUT2D eigenvalue weighted by atomic mass is 35.5. The number of rotatable bonds is 5. The van der Waals surface area contributed by atoms with E-state index >= 15 is 0 Å². The molecule has 7 nitrogen and oxygen atoms in total. The average molecular weight is 535 g/mol. The van der Waals surface area contributed by atoms with E-state index in [0.29, 0.717) is 5.02 Å². The third-order valence-corrected chi connectivity index (χ3v) is 7.96. The monoisotopic (exact) mass is 534 g/mol. The SMILES string of the molecule is O=C(COC(=O)CN1C(=O)[C@H]2C3c4ccccc4C(c4ccccc43)[C@@H]2C1=O)Nc1cc(Cl)ccc1Cl. The van der Waals surface area contributed by atoms with Crippen molar-refractivity contribution in [3.05, 3.63) is 99.0 Å². The lowest BCUT2D eigenvalue weighted by Gasteiger charge is -2.45. The Hall–Kier alpha value is -3.68. The molecule has 37 heavy (non-hydrogen) atoms. The zero-order chi connectivity index (χ0) is 25.8. The molecular formula is C28H20Cl2N2O5. The summed E-state index contributed by atoms with van der Waals surface area (Å²) in [6.45, 7) is -1.16. The van der Waals surface area contributed by atoms with Crippen LogP contribution < -0.4 is 5.32 Å². The molecule has 1 heterocycles. The minimum absolute atomic E-state index is 0.256. The van der Waals surface area contributed by atoms with Crippen molar-refractivity contribution in [1.29, 1.82) is 0 Å². The zero-order valence-electron chi connectivity index (χ0n) is 19.3. The van der Waals surface area contributed by atoms with Gasteiger partial charge in [0.05, 0.1) is 22.5 Å². The normalized spacial score (nSPS) is 22.8. The highest BCUT2D eigenvalue weighted by Gasteiger charge is 2.61. The van der Waals surface area contributed by atoms with Gasteiger partial charge in [-0.25, -0.2) is 0 Å². The van der Waals surface area contributed by atoms with Crippen molar-refractivity contribution < 1.29 is 23.9 Å². The van der Waals surface area contributed by atoms with Crippen molar-refractivity contribution in [2.24, 2.45) is 11.8 Å². The van der Waals surface area contributed by atoms with Gasteiger partial charge in [0.1, 0.15) is 6.54 Å². The number of hydrogen-bond acceptors (Lipinski definition) is 5. The molecule has 186 valence electrons. The van der Waals surface area contributed by atoms with E-state index in [4.69, 9.17) is 27.9 Å². The molecule has 2 atom stereocenters. The molecule has 7 rings (SSSR count). The topological polar surface area (TPSA) is 92.8 Å². The summed E-state index contributed by atoms with van der Waals surface area (Å²) in [6.07, 6.45) is 0. The van der Waals surface area contributed by atoms with E-state index in [9.17, 15) is 19.2 Å². The van der Waals surface area contributed by atoms with Gasteiger partial charge in [-0.05, 0) is 40.5 Å². The van der Waals surface area contributed by atoms with Gasteiger partial charge in [-0.1, -0.05) is 71.7 Å². The maximum atomic E-state index is 13.5. The first kappa shape index (κ1) is 23.7. The summed E-state index contributed by atoms with van der Waals surface area (Å²) in [5.41, 5.74) is 4.48. The number of hydrogen-bond donors (Lipinski definition) is 1. The number of amides is 3. The van der Waals surface area contributed by atoms with Gasteiger partial charge in [0.25, 0.3) is 5.91 Å². The Morgan fingerprint density at radius 1 is 0.811 bits per heavy atom. The lowest BCUT2D eigenvalue weighted by molar-refractivity contribution is -0.154. The zero-order valence-corrected chi connectivity index (χ0v) is 20.8. The van der Waals surface area contributed by atoms with Crippen LogP contribution in [0.5, 0.6) is 0 Å². The Morgan fingerprint density at radius 2 is 1.32 bits per heavy atom. The van der Waals surface area contributed by atoms with Gasteiger partial charge in [0, 0.05) is 16.9 Å². The number of imide groups is 1. The van der Waals surface area contributed by atoms with Crippen LogP contribution >= 0.6 is 23.2 Å². The summed E-state index contributed by atoms with van der Waals surface area (Å²) in [7, 11) is 0. The van der Waals surface area contributed by atoms with Crippen LogP contribution in [0.25, 0.3) is 0 Å². The molecule has 1 N–H and O–H groups in total. The van der Waals surface area contributed by atoms with Gasteiger partial charge in [-0.15, -0.1) is 0 Å². The van der Waals surface area contributed by atoms with Gasteiger partial charge in [-0.2, -0.15) is 0 Å². The fourth-order valence-corrected chi connectivity index (χ4v) is 6.33. The minimum atomic E-state index is -0.852. The summed E-state index contributed by atoms with van der Waals surface area (Å²) in [5.74, 6) is -3.93. The van der Waals surface area contributed by atoms with Crippen LogP contribution in [0.3, 0.4) is 0 Å². The Balaban J connectivity index is 1.18. The standard InChI is InChI=1S/C28H20Cl2N2O5/c29-14-9-10-19(30)20(11-14)31-21(33)13-37-22(34)12-32-27(35)25-23-15-5-1-2-6-16(15)24(26(25)28(32)36)18-8-4-3-7-17(18)23/h1-11,23-26H,12-13H2,(H,31,33)/t23?,24?,25-,26-/m0/s1. The van der Waals surface area contributed by atoms with Crippen LogP contribution in [0.4, 0.5) is 5.69 Å². The summed E-state index contributed by atoms with van der Waals surface area (Å²) < 4.78 is 5.08. The maximum Gasteiger partial charge on any atom is 0.326 e. The lowest BCUT2D eigenvalue weighted by atomic mass is 9.55. The summed E-state index contributed by atoms with van der Waals surface area (Å²) in [6, 6.07) is 20.4. The highest BCUT2D eigenvalue weighted by molar-refractivity contribution is 6.35. The number of halogens is 2. The Labute approximate surface area is 222 Å². The number of likely N-dealkylation sites (tertiary alicyclic amines) is 1. The van der Waals surface area contributed by atoms with E-state index in [1.54, 1.807) is 6.07 Å². The smallest absolute Gasteiger partial charge is 0.326 e. The van der Waals surface area contributed by atoms with Crippen molar-refractivity contribution in [2.75, 3.05) is 18.5 Å². The molecule has 9 heteroatoms. The molecule has 3 aromatic carbocycles. The summed E-state index contributed by atoms with van der Waals surface area (Å²) in [4.78, 5) is 52.9. The number of esters is 1. The molecule has 4 aliphatic rings. The first-order chi connectivity index (χ1) is 17.8. The molecular weight excluding hydrogens is 515 g/mol. The number of benzene rings is 3. The fraction of sp³-hybridized carbons (Fsp3) is 0.214. The third-order valence-electron chi connectivity index (χ3n) is 7.39. The van der Waals surface area contributed by atoms with Gasteiger partial charge in [-0.3, -0.25) is 24.1 Å². The number of ether oxygens (including phenoxy) is 1. The second-order valence-corrected chi connectivity index (χ2v) is 10.2. The van der Waals surface area contributed by atoms with Gasteiger partial charge in [0.2, 0.25) is 11.8 Å². The molecule has 0 radical (unpaired) electrons. The number of carbonyl (C=O) groups excluding carboxylic acids is 4. The fourth-order valence-electron chi connectivity index (χ4n) is 6.00. The maximum absolute atomic E-state index is 13.5. The third kappa shape index (κ3) is 3.81. The van der Waals surface area contributed by atoms with Crippen molar-refractivity contribution in [3.63, 3.8) is 0 Å². The summed E-state index contributed by atoms with van der Waals surface area (Å²) in [5, 5.41) is 3.17. The molecule has 2 bridgehead atoms. The van der Waals surface area contributed by atoms with E-state index in [2.05, 4.69) is 5.32 Å². The van der Waals surface area contributed by atoms with Crippen LogP contribution in [-0.4, -0.2) is 41.7 Å². The Kier molecular flexibility index (Phi) is 5.77. The van der Waals surface area contributed by atoms with Gasteiger partial charge >= 0.3 is 5.97 Å². The Bertz CT molecular complexity index is 1370. The molecule has 1 aliphatic heterocycles. The molecule has 3 aliphatic carbocycles. The first-order valence-corrected chi connectivity index (χ1v) is 12.5. The van der Waals surface area contributed by atoms with E-state index in [1.807, 2.05) is 48.5 Å². The highest BCUT2D eigenvalue weighted by Crippen LogP contribution is 2.60. The lowest BCUT2D eigenvalue weighted by Crippen LogP contribution is -2.41. The largest absolute Gasteiger partial charge is 0.454 e. The van der Waals surface area contributed by atoms with Crippen molar-refractivity contribution >= 4 is 52.6 Å². The van der Waals surface area contributed by atoms with E-state index in [1.165, 1.54) is 12.1 Å². The van der Waals surface area contributed by atoms with Crippen LogP contribution in [0.2, 0.25) is 10.0 Å². The van der Waals surface area contributed by atoms with Crippen molar-refractivity contribution in [3.8, 4) is 0 Å². The van der Waals surface area contributed by atoms with Crippen LogP contribution in [0.1, 0.15) is 34.1 Å². The molecule has 1 saturated heterocycles. The van der Waals surface area contributed by atoms with E-state index < -0.39 is 36.9 Å². The second kappa shape index (κ2) is 9.01. The van der Waals surface area contributed by atoms with E-state index in [-0.39, 0.29) is 34.4 Å². The average Bonchev–Trinajstić information content (AvgIpc) is 3.15. The van der Waals surface area contributed by atoms with Crippen molar-refractivity contribution in [1.82, 2.24) is 4.90 Å². The molecule has 0 saturated carbocycles. The molecule has 0 unspecified atom stereocenters. The molecule has 3 aromatic rings. The number of nitrogens with zero attached hydrogens (tertiary/aromatic N) is 1. The quantitative estimate of drug-likeness (QED) is 0.387. The number of anilines is 1. The molecule has 3 amide bonds. The second-order valence-electron chi connectivity index (χ2n) is 9.36. The molecule has 0 spiro atoms. The van der Waals surface area contributed by atoms with Crippen molar-refractivity contribution in [2.45, 2.75) is 11.8 Å². The predicted molar refractivity (Wildman–Crippen MR) is 136 cm³/mol. The number of carbonyl (C=O) groups is 4. The molecule has 0 aromatic heterocycles. The van der Waals surface area contributed by atoms with E-state index in [0.717, 1.165) is 27.2 Å². The minimum Gasteiger partial charge on any atom is -0.454 e. The van der Waals surface area contributed by atoms with Crippen LogP contribution in [0.15, 0.2) is 66.7 Å². The van der Waals surface area contributed by atoms with Crippen LogP contribution in [-0.2, 0) is 23.9 Å². The predicted octanol–water partition coefficient (Wildman–Crippen LogP) is 4.37. The molecule has 1 fully saturated rings. The Morgan fingerprint density at radius 3 is 1.84 bits per heavy atom. The first-order valence-electron chi connectivity index (χ1n) is 11.8. The number of nitrogens with one attached hydrogen (secondary N) is 1. The van der Waals surface area contributed by atoms with Gasteiger partial charge < -0.3 is 10.1 Å². The summed E-state index contributed by atoms with van der Waals surface area (Å²) >= 11 is 12.0. The van der Waals surface area contributed by atoms with Crippen LogP contribution in [0, 0.1) is 11.8 Å².